The fraction of sp³-hybridized carbons (Fsp3) is 1.00. The third-order valence-corrected chi connectivity index (χ3v) is 2.55. The Morgan fingerprint density at radius 3 is 2.21 bits per heavy atom. The molecule has 0 aliphatic carbocycles. The van der Waals surface area contributed by atoms with Crippen LogP contribution in [-0.2, 0) is 0 Å². The number of hydrogen-bond donors (Lipinski definition) is 1. The lowest BCUT2D eigenvalue weighted by Crippen LogP contribution is -2.26. The van der Waals surface area contributed by atoms with E-state index in [1.807, 2.05) is 0 Å². The van der Waals surface area contributed by atoms with Gasteiger partial charge in [-0.15, -0.1) is 0 Å². The first-order valence-corrected chi connectivity index (χ1v) is 5.59. The Labute approximate surface area is 89.2 Å². The van der Waals surface area contributed by atoms with Gasteiger partial charge in [0.1, 0.15) is 0 Å². The van der Waals surface area contributed by atoms with Gasteiger partial charge in [0.05, 0.1) is 0 Å². The van der Waals surface area contributed by atoms with Gasteiger partial charge in [0.25, 0.3) is 0 Å². The Bertz CT molecular complexity index is 126. The minimum Gasteiger partial charge on any atom is -0.330 e. The van der Waals surface area contributed by atoms with Crippen LogP contribution in [0, 0.1) is 5.92 Å². The number of nitrogens with two attached hydrogens (primary N) is 1. The van der Waals surface area contributed by atoms with Gasteiger partial charge in [-0.1, -0.05) is 6.92 Å². The first-order chi connectivity index (χ1) is 6.56. The average Bonchev–Trinajstić information content (AvgIpc) is 2.13. The van der Waals surface area contributed by atoms with E-state index in [0.29, 0.717) is 5.92 Å². The van der Waals surface area contributed by atoms with Crippen LogP contribution in [0.2, 0.25) is 0 Å². The first-order valence-electron chi connectivity index (χ1n) is 5.59. The highest BCUT2D eigenvalue weighted by molar-refractivity contribution is 4.58. The van der Waals surface area contributed by atoms with Crippen molar-refractivity contribution in [2.45, 2.75) is 19.8 Å². The molecule has 2 N–H and O–H groups in total. The molecule has 0 bridgehead atoms. The third-order valence-electron chi connectivity index (χ3n) is 2.55. The van der Waals surface area contributed by atoms with Crippen LogP contribution in [0.5, 0.6) is 0 Å². The predicted octanol–water partition coefficient (Wildman–Crippen LogP) is 0.855. The summed E-state index contributed by atoms with van der Waals surface area (Å²) in [5, 5.41) is 0. The van der Waals surface area contributed by atoms with Gasteiger partial charge >= 0.3 is 0 Å². The zero-order chi connectivity index (χ0) is 11.0. The van der Waals surface area contributed by atoms with Crippen molar-refractivity contribution in [2.24, 2.45) is 11.7 Å². The third kappa shape index (κ3) is 8.48. The van der Waals surface area contributed by atoms with Gasteiger partial charge in [0, 0.05) is 0 Å². The van der Waals surface area contributed by atoms with Gasteiger partial charge < -0.3 is 15.5 Å². The van der Waals surface area contributed by atoms with Crippen molar-refractivity contribution >= 4 is 0 Å². The summed E-state index contributed by atoms with van der Waals surface area (Å²) in [4.78, 5) is 4.63. The number of hydrogen-bond acceptors (Lipinski definition) is 3. The lowest BCUT2D eigenvalue weighted by atomic mass is 10.1. The monoisotopic (exact) mass is 201 g/mol. The second kappa shape index (κ2) is 8.21. The van der Waals surface area contributed by atoms with E-state index in [1.54, 1.807) is 0 Å². The van der Waals surface area contributed by atoms with Crippen LogP contribution in [0.3, 0.4) is 0 Å². The van der Waals surface area contributed by atoms with Crippen molar-refractivity contribution in [3.8, 4) is 0 Å². The second-order valence-electron chi connectivity index (χ2n) is 4.59. The van der Waals surface area contributed by atoms with Crippen LogP contribution in [0.1, 0.15) is 19.8 Å². The lowest BCUT2D eigenvalue weighted by Gasteiger charge is -2.19. The molecule has 0 amide bonds. The van der Waals surface area contributed by atoms with E-state index in [4.69, 9.17) is 5.73 Å². The van der Waals surface area contributed by atoms with Crippen molar-refractivity contribution < 1.29 is 0 Å². The summed E-state index contributed by atoms with van der Waals surface area (Å²) < 4.78 is 0. The van der Waals surface area contributed by atoms with Gasteiger partial charge in [0.2, 0.25) is 0 Å². The molecule has 0 saturated heterocycles. The van der Waals surface area contributed by atoms with Crippen LogP contribution in [0.15, 0.2) is 0 Å². The highest BCUT2D eigenvalue weighted by Gasteiger charge is 2.02. The van der Waals surface area contributed by atoms with E-state index in [0.717, 1.165) is 6.54 Å². The molecule has 1 unspecified atom stereocenters. The molecule has 0 spiro atoms. The van der Waals surface area contributed by atoms with Crippen LogP contribution < -0.4 is 5.73 Å². The van der Waals surface area contributed by atoms with Crippen molar-refractivity contribution in [3.05, 3.63) is 0 Å². The summed E-state index contributed by atoms with van der Waals surface area (Å²) in [5.41, 5.74) is 5.57. The second-order valence-corrected chi connectivity index (χ2v) is 4.59. The zero-order valence-electron chi connectivity index (χ0n) is 10.3. The minimum atomic E-state index is 0.659. The van der Waals surface area contributed by atoms with Crippen LogP contribution in [-0.4, -0.2) is 57.1 Å². The van der Waals surface area contributed by atoms with E-state index in [1.165, 1.54) is 32.5 Å². The van der Waals surface area contributed by atoms with Crippen LogP contribution >= 0.6 is 0 Å². The van der Waals surface area contributed by atoms with Crippen molar-refractivity contribution in [3.63, 3.8) is 0 Å². The lowest BCUT2D eigenvalue weighted by molar-refractivity contribution is 0.283. The van der Waals surface area contributed by atoms with E-state index < -0.39 is 0 Å². The molecule has 0 aliphatic heterocycles. The predicted molar refractivity (Wildman–Crippen MR) is 63.5 cm³/mol. The molecule has 3 nitrogen and oxygen atoms in total. The number of nitrogens with zero attached hydrogens (tertiary/aromatic N) is 2. The number of rotatable bonds is 8. The molecule has 0 aromatic rings. The smallest absolute Gasteiger partial charge is 0.000960 e. The van der Waals surface area contributed by atoms with E-state index in [9.17, 15) is 0 Å². The molecule has 14 heavy (non-hydrogen) atoms. The standard InChI is InChI=1S/C11H27N3/c1-11(10-12)6-9-14(4)8-5-7-13(2)3/h11H,5-10,12H2,1-4H3. The summed E-state index contributed by atoms with van der Waals surface area (Å²) in [6.07, 6.45) is 2.47. The molecule has 0 saturated carbocycles. The Kier molecular flexibility index (Phi) is 8.14. The van der Waals surface area contributed by atoms with Gasteiger partial charge in [-0.05, 0) is 66.1 Å². The molecular weight excluding hydrogens is 174 g/mol. The molecule has 0 aromatic carbocycles. The highest BCUT2D eigenvalue weighted by atomic mass is 15.1. The normalized spacial score (nSPS) is 13.9. The summed E-state index contributed by atoms with van der Waals surface area (Å²) >= 11 is 0. The highest BCUT2D eigenvalue weighted by Crippen LogP contribution is 2.00. The molecule has 0 radical (unpaired) electrons. The average molecular weight is 201 g/mol. The maximum atomic E-state index is 5.57. The first kappa shape index (κ1) is 13.9. The van der Waals surface area contributed by atoms with Gasteiger partial charge in [-0.3, -0.25) is 0 Å². The van der Waals surface area contributed by atoms with Gasteiger partial charge in [-0.25, -0.2) is 0 Å². The summed E-state index contributed by atoms with van der Waals surface area (Å²) in [7, 11) is 6.44. The molecule has 1 atom stereocenters. The quantitative estimate of drug-likeness (QED) is 0.632. The SMILES string of the molecule is CC(CN)CCN(C)CCCN(C)C. The molecule has 86 valence electrons. The van der Waals surface area contributed by atoms with Crippen LogP contribution in [0.25, 0.3) is 0 Å². The summed E-state index contributed by atoms with van der Waals surface area (Å²) in [5.74, 6) is 0.659. The topological polar surface area (TPSA) is 32.5 Å². The Balaban J connectivity index is 3.32. The maximum Gasteiger partial charge on any atom is -0.000960 e. The minimum absolute atomic E-state index is 0.659. The van der Waals surface area contributed by atoms with Gasteiger partial charge in [0.15, 0.2) is 0 Å². The largest absolute Gasteiger partial charge is 0.330 e. The molecule has 0 fully saturated rings. The van der Waals surface area contributed by atoms with E-state index in [-0.39, 0.29) is 0 Å². The van der Waals surface area contributed by atoms with E-state index in [2.05, 4.69) is 37.9 Å². The van der Waals surface area contributed by atoms with Crippen molar-refractivity contribution in [2.75, 3.05) is 47.3 Å². The van der Waals surface area contributed by atoms with Crippen molar-refractivity contribution in [1.29, 1.82) is 0 Å². The maximum absolute atomic E-state index is 5.57. The zero-order valence-corrected chi connectivity index (χ0v) is 10.3. The fourth-order valence-electron chi connectivity index (χ4n) is 1.33. The van der Waals surface area contributed by atoms with Gasteiger partial charge in [-0.2, -0.15) is 0 Å². The summed E-state index contributed by atoms with van der Waals surface area (Å²) in [6.45, 7) is 6.57. The van der Waals surface area contributed by atoms with Crippen LogP contribution in [0.4, 0.5) is 0 Å². The Hall–Kier alpha value is -0.120. The fourth-order valence-corrected chi connectivity index (χ4v) is 1.33. The van der Waals surface area contributed by atoms with Crippen molar-refractivity contribution in [1.82, 2.24) is 9.80 Å². The molecule has 0 aliphatic rings. The Morgan fingerprint density at radius 1 is 1.07 bits per heavy atom. The summed E-state index contributed by atoms with van der Waals surface area (Å²) in [6, 6.07) is 0. The molecule has 3 heteroatoms. The molecule has 0 aromatic heterocycles. The van der Waals surface area contributed by atoms with E-state index >= 15 is 0 Å². The molecule has 0 heterocycles. The Morgan fingerprint density at radius 2 is 1.71 bits per heavy atom. The molecular formula is C11H27N3. The molecule has 0 rings (SSSR count).